The monoisotopic (exact) mass is 321 g/mol. The summed E-state index contributed by atoms with van der Waals surface area (Å²) in [6.45, 7) is 4.77. The van der Waals surface area contributed by atoms with Crippen LogP contribution in [-0.2, 0) is 24.2 Å². The zero-order valence-electron chi connectivity index (χ0n) is 13.4. The number of amides is 1. The minimum absolute atomic E-state index is 0.0686. The van der Waals surface area contributed by atoms with E-state index < -0.39 is 0 Å². The lowest BCUT2D eigenvalue weighted by Crippen LogP contribution is -2.38. The Morgan fingerprint density at radius 1 is 1.38 bits per heavy atom. The third-order valence-electron chi connectivity index (χ3n) is 4.34. The number of aromatic amines is 1. The van der Waals surface area contributed by atoms with Crippen molar-refractivity contribution >= 4 is 5.91 Å². The van der Waals surface area contributed by atoms with E-state index in [2.05, 4.69) is 28.1 Å². The summed E-state index contributed by atoms with van der Waals surface area (Å²) >= 11 is 0. The predicted molar refractivity (Wildman–Crippen MR) is 88.7 cm³/mol. The number of nitrogens with zero attached hydrogens (tertiary/aromatic N) is 4. The molecule has 0 spiro atoms. The Hall–Kier alpha value is -2.94. The minimum atomic E-state index is -0.0686. The van der Waals surface area contributed by atoms with Crippen LogP contribution in [0.4, 0.5) is 0 Å². The van der Waals surface area contributed by atoms with Crippen LogP contribution in [0, 0.1) is 17.2 Å². The van der Waals surface area contributed by atoms with E-state index in [1.807, 2.05) is 17.0 Å². The van der Waals surface area contributed by atoms with Crippen molar-refractivity contribution in [3.63, 3.8) is 0 Å². The second-order valence-corrected chi connectivity index (χ2v) is 5.97. The SMILES string of the molecule is C=CCN(Cc1ccc(C#N)cc1)C(=O)[C@@H]1CCc2n[nH]nc2C1. The molecule has 6 heteroatoms. The predicted octanol–water partition coefficient (Wildman–Crippen LogP) is 2.00. The lowest BCUT2D eigenvalue weighted by atomic mass is 9.88. The summed E-state index contributed by atoms with van der Waals surface area (Å²) < 4.78 is 0. The third kappa shape index (κ3) is 3.35. The van der Waals surface area contributed by atoms with E-state index in [1.54, 1.807) is 18.2 Å². The first-order chi connectivity index (χ1) is 11.7. The quantitative estimate of drug-likeness (QED) is 0.853. The van der Waals surface area contributed by atoms with Crippen LogP contribution < -0.4 is 0 Å². The number of nitriles is 1. The van der Waals surface area contributed by atoms with Gasteiger partial charge in [-0.15, -0.1) is 6.58 Å². The number of fused-ring (bicyclic) bond motifs is 1. The van der Waals surface area contributed by atoms with E-state index in [4.69, 9.17) is 5.26 Å². The number of hydrogen-bond donors (Lipinski definition) is 1. The molecular weight excluding hydrogens is 302 g/mol. The van der Waals surface area contributed by atoms with Gasteiger partial charge < -0.3 is 4.90 Å². The van der Waals surface area contributed by atoms with Gasteiger partial charge in [-0.25, -0.2) is 0 Å². The molecule has 0 aliphatic heterocycles. The first-order valence-corrected chi connectivity index (χ1v) is 7.98. The van der Waals surface area contributed by atoms with Gasteiger partial charge in [-0.05, 0) is 30.5 Å². The number of rotatable bonds is 5. The summed E-state index contributed by atoms with van der Waals surface area (Å²) in [6.07, 6.45) is 3.94. The molecule has 1 heterocycles. The largest absolute Gasteiger partial charge is 0.334 e. The van der Waals surface area contributed by atoms with E-state index >= 15 is 0 Å². The van der Waals surface area contributed by atoms with Gasteiger partial charge in [-0.3, -0.25) is 4.79 Å². The summed E-state index contributed by atoms with van der Waals surface area (Å²) in [7, 11) is 0. The number of aryl methyl sites for hydroxylation is 1. The van der Waals surface area contributed by atoms with Gasteiger partial charge in [0.25, 0.3) is 0 Å². The van der Waals surface area contributed by atoms with E-state index in [0.717, 1.165) is 29.8 Å². The number of carbonyl (C=O) groups is 1. The average molecular weight is 321 g/mol. The zero-order chi connectivity index (χ0) is 16.9. The molecule has 1 aliphatic rings. The normalized spacial score (nSPS) is 16.0. The fourth-order valence-corrected chi connectivity index (χ4v) is 3.05. The van der Waals surface area contributed by atoms with E-state index in [1.165, 1.54) is 0 Å². The Balaban J connectivity index is 1.71. The van der Waals surface area contributed by atoms with Crippen LogP contribution in [0.5, 0.6) is 0 Å². The van der Waals surface area contributed by atoms with Crippen molar-refractivity contribution < 1.29 is 4.79 Å². The van der Waals surface area contributed by atoms with Crippen LogP contribution in [0.1, 0.15) is 28.9 Å². The summed E-state index contributed by atoms with van der Waals surface area (Å²) in [4.78, 5) is 14.7. The highest BCUT2D eigenvalue weighted by Gasteiger charge is 2.30. The van der Waals surface area contributed by atoms with Crippen LogP contribution in [0.25, 0.3) is 0 Å². The van der Waals surface area contributed by atoms with Gasteiger partial charge in [0.2, 0.25) is 5.91 Å². The second-order valence-electron chi connectivity index (χ2n) is 5.97. The standard InChI is InChI=1S/C18H19N5O/c1-2-9-23(12-14-5-3-13(11-19)4-6-14)18(24)15-7-8-16-17(10-15)21-22-20-16/h2-6,15H,1,7-10,12H2,(H,20,21,22)/t15-/m1/s1. The van der Waals surface area contributed by atoms with Crippen LogP contribution >= 0.6 is 0 Å². The Labute approximate surface area is 140 Å². The van der Waals surface area contributed by atoms with E-state index in [9.17, 15) is 4.79 Å². The van der Waals surface area contributed by atoms with Crippen LogP contribution in [0.2, 0.25) is 0 Å². The van der Waals surface area contributed by atoms with Gasteiger partial charge in [-0.1, -0.05) is 18.2 Å². The molecular formula is C18H19N5O. The molecule has 3 rings (SSSR count). The first kappa shape index (κ1) is 15.9. The van der Waals surface area contributed by atoms with Crippen LogP contribution in [0.3, 0.4) is 0 Å². The van der Waals surface area contributed by atoms with Crippen molar-refractivity contribution in [1.82, 2.24) is 20.3 Å². The number of aromatic nitrogens is 3. The topological polar surface area (TPSA) is 85.7 Å². The Morgan fingerprint density at radius 3 is 2.83 bits per heavy atom. The molecule has 0 radical (unpaired) electrons. The molecule has 1 aromatic carbocycles. The molecule has 1 aliphatic carbocycles. The highest BCUT2D eigenvalue weighted by atomic mass is 16.2. The molecule has 1 atom stereocenters. The molecule has 0 saturated carbocycles. The smallest absolute Gasteiger partial charge is 0.226 e. The first-order valence-electron chi connectivity index (χ1n) is 7.98. The molecule has 0 saturated heterocycles. The van der Waals surface area contributed by atoms with Gasteiger partial charge in [0, 0.05) is 25.4 Å². The molecule has 1 N–H and O–H groups in total. The average Bonchev–Trinajstić information content (AvgIpc) is 3.09. The summed E-state index contributed by atoms with van der Waals surface area (Å²) in [5, 5.41) is 19.8. The maximum atomic E-state index is 12.9. The molecule has 0 bridgehead atoms. The molecule has 1 amide bonds. The Morgan fingerprint density at radius 2 is 2.12 bits per heavy atom. The molecule has 122 valence electrons. The fourth-order valence-electron chi connectivity index (χ4n) is 3.05. The highest BCUT2D eigenvalue weighted by molar-refractivity contribution is 5.79. The van der Waals surface area contributed by atoms with Crippen LogP contribution in [0.15, 0.2) is 36.9 Å². The number of H-pyrrole nitrogens is 1. The number of carbonyl (C=O) groups excluding carboxylic acids is 1. The number of hydrogen-bond acceptors (Lipinski definition) is 4. The van der Waals surface area contributed by atoms with Gasteiger partial charge in [0.15, 0.2) is 0 Å². The molecule has 6 nitrogen and oxygen atoms in total. The summed E-state index contributed by atoms with van der Waals surface area (Å²) in [6, 6.07) is 9.42. The lowest BCUT2D eigenvalue weighted by Gasteiger charge is -2.28. The van der Waals surface area contributed by atoms with Gasteiger partial charge in [-0.2, -0.15) is 20.7 Å². The van der Waals surface area contributed by atoms with Gasteiger partial charge in [0.05, 0.1) is 23.0 Å². The van der Waals surface area contributed by atoms with Crippen molar-refractivity contribution in [2.24, 2.45) is 5.92 Å². The van der Waals surface area contributed by atoms with Crippen molar-refractivity contribution in [3.8, 4) is 6.07 Å². The Bertz CT molecular complexity index is 771. The molecule has 2 aromatic rings. The van der Waals surface area contributed by atoms with Gasteiger partial charge >= 0.3 is 0 Å². The molecule has 0 unspecified atom stereocenters. The fraction of sp³-hybridized carbons (Fsp3) is 0.333. The van der Waals surface area contributed by atoms with Crippen LogP contribution in [-0.4, -0.2) is 32.8 Å². The highest BCUT2D eigenvalue weighted by Crippen LogP contribution is 2.24. The van der Waals surface area contributed by atoms with E-state index in [0.29, 0.717) is 25.1 Å². The summed E-state index contributed by atoms with van der Waals surface area (Å²) in [5.41, 5.74) is 3.49. The molecule has 0 fully saturated rings. The summed E-state index contributed by atoms with van der Waals surface area (Å²) in [5.74, 6) is 0.0499. The Kier molecular flexibility index (Phi) is 4.71. The number of benzene rings is 1. The maximum absolute atomic E-state index is 12.9. The number of nitrogens with one attached hydrogen (secondary N) is 1. The maximum Gasteiger partial charge on any atom is 0.226 e. The van der Waals surface area contributed by atoms with Crippen molar-refractivity contribution in [2.75, 3.05) is 6.54 Å². The zero-order valence-corrected chi connectivity index (χ0v) is 13.4. The second kappa shape index (κ2) is 7.09. The lowest BCUT2D eigenvalue weighted by molar-refractivity contribution is -0.136. The van der Waals surface area contributed by atoms with Crippen molar-refractivity contribution in [3.05, 3.63) is 59.4 Å². The van der Waals surface area contributed by atoms with Crippen molar-refractivity contribution in [2.45, 2.75) is 25.8 Å². The molecule has 24 heavy (non-hydrogen) atoms. The van der Waals surface area contributed by atoms with Crippen molar-refractivity contribution in [1.29, 1.82) is 5.26 Å². The minimum Gasteiger partial charge on any atom is -0.334 e. The van der Waals surface area contributed by atoms with Gasteiger partial charge in [0.1, 0.15) is 0 Å². The third-order valence-corrected chi connectivity index (χ3v) is 4.34. The molecule has 1 aromatic heterocycles. The van der Waals surface area contributed by atoms with E-state index in [-0.39, 0.29) is 11.8 Å².